The maximum atomic E-state index is 11.8. The van der Waals surface area contributed by atoms with Crippen molar-refractivity contribution in [3.63, 3.8) is 0 Å². The van der Waals surface area contributed by atoms with E-state index in [0.29, 0.717) is 0 Å². The van der Waals surface area contributed by atoms with Crippen molar-refractivity contribution in [1.29, 1.82) is 0 Å². The zero-order valence-electron chi connectivity index (χ0n) is 10.4. The lowest BCUT2D eigenvalue weighted by molar-refractivity contribution is -0.137. The minimum Gasteiger partial charge on any atom is -0.481 e. The first-order chi connectivity index (χ1) is 7.59. The third-order valence-electron chi connectivity index (χ3n) is 2.33. The Bertz CT molecular complexity index is 382. The lowest BCUT2D eigenvalue weighted by Gasteiger charge is -2.23. The Hall–Kier alpha value is -0.660. The Balaban J connectivity index is 2.62. The summed E-state index contributed by atoms with van der Waals surface area (Å²) in [5.74, 6) is -0.831. The molecule has 0 aromatic carbocycles. The van der Waals surface area contributed by atoms with E-state index in [9.17, 15) is 13.2 Å². The van der Waals surface area contributed by atoms with Gasteiger partial charge in [0.15, 0.2) is 0 Å². The molecule has 0 amide bonds. The van der Waals surface area contributed by atoms with Gasteiger partial charge in [-0.15, -0.1) is 0 Å². The lowest BCUT2D eigenvalue weighted by Crippen LogP contribution is -2.50. The lowest BCUT2D eigenvalue weighted by atomic mass is 10.1. The molecule has 7 heteroatoms. The highest BCUT2D eigenvalue weighted by Crippen LogP contribution is 2.34. The van der Waals surface area contributed by atoms with Gasteiger partial charge in [-0.2, -0.15) is 17.9 Å². The predicted molar refractivity (Wildman–Crippen MR) is 63.7 cm³/mol. The molecule has 0 saturated heterocycles. The fourth-order valence-electron chi connectivity index (χ4n) is 1.62. The Morgan fingerprint density at radius 1 is 1.41 bits per heavy atom. The van der Waals surface area contributed by atoms with Crippen LogP contribution in [0.3, 0.4) is 0 Å². The molecular weight excluding hydrogens is 244 g/mol. The first kappa shape index (κ1) is 14.4. The van der Waals surface area contributed by atoms with Crippen LogP contribution in [0.4, 0.5) is 0 Å². The molecule has 100 valence electrons. The summed E-state index contributed by atoms with van der Waals surface area (Å²) < 4.78 is 28.4. The fourth-order valence-corrected chi connectivity index (χ4v) is 3.16. The number of hydrogen-bond donors (Lipinski definition) is 3. The molecule has 1 rings (SSSR count). The van der Waals surface area contributed by atoms with Crippen LogP contribution in [0.25, 0.3) is 0 Å². The molecule has 1 fully saturated rings. The molecule has 0 heterocycles. The summed E-state index contributed by atoms with van der Waals surface area (Å²) >= 11 is 0. The maximum Gasteiger partial charge on any atom is 0.304 e. The molecule has 0 aromatic rings. The van der Waals surface area contributed by atoms with Gasteiger partial charge in [-0.25, -0.2) is 0 Å². The molecule has 0 bridgehead atoms. The zero-order chi connectivity index (χ0) is 13.3. The predicted octanol–water partition coefficient (Wildman–Crippen LogP) is 0.462. The number of carbonyl (C=O) groups is 1. The summed E-state index contributed by atoms with van der Waals surface area (Å²) in [6, 6.07) is -0.507. The van der Waals surface area contributed by atoms with Crippen LogP contribution in [0.2, 0.25) is 0 Å². The normalized spacial score (nSPS) is 19.0. The van der Waals surface area contributed by atoms with Gasteiger partial charge in [0.25, 0.3) is 10.2 Å². The fraction of sp³-hybridized carbons (Fsp3) is 0.900. The number of carboxylic acid groups (broad SMARTS) is 1. The van der Waals surface area contributed by atoms with Gasteiger partial charge in [-0.3, -0.25) is 4.79 Å². The highest BCUT2D eigenvalue weighted by atomic mass is 32.2. The van der Waals surface area contributed by atoms with Crippen molar-refractivity contribution in [3.8, 4) is 0 Å². The SMILES string of the molecule is CC(C)(C)NS(=O)(=O)NC(CC(=O)O)C1CC1. The largest absolute Gasteiger partial charge is 0.481 e. The van der Waals surface area contributed by atoms with Gasteiger partial charge in [0, 0.05) is 11.6 Å². The molecule has 1 aliphatic rings. The van der Waals surface area contributed by atoms with Crippen LogP contribution in [0.15, 0.2) is 0 Å². The van der Waals surface area contributed by atoms with Gasteiger partial charge in [-0.1, -0.05) is 0 Å². The van der Waals surface area contributed by atoms with E-state index in [1.165, 1.54) is 0 Å². The van der Waals surface area contributed by atoms with E-state index in [0.717, 1.165) is 12.8 Å². The molecule has 17 heavy (non-hydrogen) atoms. The number of aliphatic carboxylic acids is 1. The van der Waals surface area contributed by atoms with Crippen molar-refractivity contribution in [2.24, 2.45) is 5.92 Å². The standard InChI is InChI=1S/C10H20N2O4S/c1-10(2,3)12-17(15,16)11-8(6-9(13)14)7-4-5-7/h7-8,11-12H,4-6H2,1-3H3,(H,13,14). The van der Waals surface area contributed by atoms with Crippen molar-refractivity contribution in [2.45, 2.75) is 51.6 Å². The van der Waals surface area contributed by atoms with Gasteiger partial charge >= 0.3 is 5.97 Å². The quantitative estimate of drug-likeness (QED) is 0.649. The summed E-state index contributed by atoms with van der Waals surface area (Å²) in [6.07, 6.45) is 1.60. The Kier molecular flexibility index (Phi) is 4.16. The highest BCUT2D eigenvalue weighted by Gasteiger charge is 2.36. The van der Waals surface area contributed by atoms with Crippen LogP contribution in [0.5, 0.6) is 0 Å². The van der Waals surface area contributed by atoms with Gasteiger partial charge in [0.1, 0.15) is 0 Å². The van der Waals surface area contributed by atoms with Crippen LogP contribution in [0, 0.1) is 5.92 Å². The monoisotopic (exact) mass is 264 g/mol. The second-order valence-corrected chi connectivity index (χ2v) is 6.96. The summed E-state index contributed by atoms with van der Waals surface area (Å²) in [6.45, 7) is 5.20. The van der Waals surface area contributed by atoms with Gasteiger partial charge in [0.05, 0.1) is 6.42 Å². The average Bonchev–Trinajstić information content (AvgIpc) is 2.76. The van der Waals surface area contributed by atoms with E-state index in [4.69, 9.17) is 5.11 Å². The molecule has 1 aliphatic carbocycles. The molecule has 0 aromatic heterocycles. The molecular formula is C10H20N2O4S. The molecule has 0 radical (unpaired) electrons. The van der Waals surface area contributed by atoms with Crippen molar-refractivity contribution in [1.82, 2.24) is 9.44 Å². The molecule has 1 unspecified atom stereocenters. The van der Waals surface area contributed by atoms with E-state index in [1.54, 1.807) is 20.8 Å². The molecule has 1 saturated carbocycles. The van der Waals surface area contributed by atoms with Crippen LogP contribution in [-0.2, 0) is 15.0 Å². The van der Waals surface area contributed by atoms with Crippen LogP contribution >= 0.6 is 0 Å². The van der Waals surface area contributed by atoms with E-state index in [2.05, 4.69) is 9.44 Å². The van der Waals surface area contributed by atoms with E-state index < -0.39 is 27.8 Å². The average molecular weight is 264 g/mol. The maximum absolute atomic E-state index is 11.8. The second kappa shape index (κ2) is 4.91. The summed E-state index contributed by atoms with van der Waals surface area (Å²) in [7, 11) is -3.65. The number of hydrogen-bond acceptors (Lipinski definition) is 3. The Morgan fingerprint density at radius 2 is 1.94 bits per heavy atom. The van der Waals surface area contributed by atoms with Crippen LogP contribution in [-0.4, -0.2) is 31.1 Å². The third-order valence-corrected chi connectivity index (χ3v) is 3.83. The minimum atomic E-state index is -3.65. The molecule has 0 spiro atoms. The summed E-state index contributed by atoms with van der Waals surface area (Å²) in [5.41, 5.74) is -0.580. The molecule has 0 aliphatic heterocycles. The number of rotatable bonds is 6. The van der Waals surface area contributed by atoms with Gasteiger partial charge < -0.3 is 5.11 Å². The van der Waals surface area contributed by atoms with Crippen molar-refractivity contribution in [3.05, 3.63) is 0 Å². The first-order valence-corrected chi connectivity index (χ1v) is 7.10. The first-order valence-electron chi connectivity index (χ1n) is 5.62. The number of carboxylic acids is 1. The Morgan fingerprint density at radius 3 is 2.29 bits per heavy atom. The zero-order valence-corrected chi connectivity index (χ0v) is 11.2. The molecule has 1 atom stereocenters. The Labute approximate surface area is 102 Å². The molecule has 3 N–H and O–H groups in total. The minimum absolute atomic E-state index is 0.155. The van der Waals surface area contributed by atoms with Gasteiger partial charge in [0.2, 0.25) is 0 Å². The van der Waals surface area contributed by atoms with E-state index in [1.807, 2.05) is 0 Å². The number of nitrogens with one attached hydrogen (secondary N) is 2. The second-order valence-electron chi connectivity index (χ2n) is 5.52. The van der Waals surface area contributed by atoms with E-state index >= 15 is 0 Å². The summed E-state index contributed by atoms with van der Waals surface area (Å²) in [5, 5.41) is 8.73. The van der Waals surface area contributed by atoms with Crippen LogP contribution < -0.4 is 9.44 Å². The topological polar surface area (TPSA) is 95.5 Å². The third kappa shape index (κ3) is 5.99. The summed E-state index contributed by atoms with van der Waals surface area (Å²) in [4.78, 5) is 10.7. The van der Waals surface area contributed by atoms with E-state index in [-0.39, 0.29) is 12.3 Å². The van der Waals surface area contributed by atoms with Crippen LogP contribution in [0.1, 0.15) is 40.0 Å². The highest BCUT2D eigenvalue weighted by molar-refractivity contribution is 7.87. The van der Waals surface area contributed by atoms with Crippen molar-refractivity contribution >= 4 is 16.2 Å². The van der Waals surface area contributed by atoms with Crippen molar-refractivity contribution < 1.29 is 18.3 Å². The van der Waals surface area contributed by atoms with Gasteiger partial charge in [-0.05, 0) is 39.5 Å². The smallest absolute Gasteiger partial charge is 0.304 e. The van der Waals surface area contributed by atoms with Crippen molar-refractivity contribution in [2.75, 3.05) is 0 Å². The molecule has 6 nitrogen and oxygen atoms in total.